The van der Waals surface area contributed by atoms with Gasteiger partial charge in [-0.3, -0.25) is 4.79 Å². The summed E-state index contributed by atoms with van der Waals surface area (Å²) < 4.78 is 18.2. The number of hydrogen-bond donors (Lipinski definition) is 0. The SMILES string of the molecule is CC1(C)Oc2ccc(Cl)cc2[C@H]2OCC3(C[C@@H]21)CN(C(=O)CC1CCOCC1)C3. The van der Waals surface area contributed by atoms with Crippen molar-refractivity contribution in [1.29, 1.82) is 0 Å². The largest absolute Gasteiger partial charge is 0.487 e. The minimum absolute atomic E-state index is 0.00469. The van der Waals surface area contributed by atoms with Gasteiger partial charge in [0.1, 0.15) is 11.4 Å². The standard InChI is InChI=1S/C23H30ClNO4/c1-22(2)18-11-23(12-25(13-23)20(26)9-15-5-7-27-8-6-15)14-28-21(18)17-10-16(24)3-4-19(17)29-22/h3-4,10,15,18,21H,5-9,11-14H2,1-2H3/t18-,21+/m0/s1. The predicted octanol–water partition coefficient (Wildman–Crippen LogP) is 4.23. The van der Waals surface area contributed by atoms with Crippen LogP contribution in [0.15, 0.2) is 18.2 Å². The summed E-state index contributed by atoms with van der Waals surface area (Å²) in [6.45, 7) is 8.18. The molecule has 0 unspecified atom stereocenters. The Morgan fingerprint density at radius 2 is 2.00 bits per heavy atom. The average Bonchev–Trinajstić information content (AvgIpc) is 2.67. The highest BCUT2D eigenvalue weighted by Crippen LogP contribution is 2.55. The summed E-state index contributed by atoms with van der Waals surface area (Å²) >= 11 is 6.24. The average molecular weight is 420 g/mol. The van der Waals surface area contributed by atoms with E-state index in [9.17, 15) is 4.79 Å². The van der Waals surface area contributed by atoms with Gasteiger partial charge in [-0.15, -0.1) is 0 Å². The van der Waals surface area contributed by atoms with Crippen LogP contribution in [0.3, 0.4) is 0 Å². The first-order valence-corrected chi connectivity index (χ1v) is 11.2. The number of halogens is 1. The third-order valence-electron chi connectivity index (χ3n) is 7.34. The zero-order valence-corrected chi connectivity index (χ0v) is 18.0. The lowest BCUT2D eigenvalue weighted by Crippen LogP contribution is -2.65. The minimum atomic E-state index is -0.314. The third kappa shape index (κ3) is 3.55. The predicted molar refractivity (Wildman–Crippen MR) is 110 cm³/mol. The Hall–Kier alpha value is -1.30. The van der Waals surface area contributed by atoms with E-state index >= 15 is 0 Å². The summed E-state index contributed by atoms with van der Waals surface area (Å²) in [5, 5.41) is 0.711. The number of likely N-dealkylation sites (tertiary alicyclic amines) is 1. The van der Waals surface area contributed by atoms with Crippen LogP contribution in [0.2, 0.25) is 5.02 Å². The maximum atomic E-state index is 12.7. The summed E-state index contributed by atoms with van der Waals surface area (Å²) in [5.41, 5.74) is 0.803. The number of ether oxygens (including phenoxy) is 3. The van der Waals surface area contributed by atoms with Crippen LogP contribution in [0.5, 0.6) is 5.75 Å². The van der Waals surface area contributed by atoms with E-state index in [0.717, 1.165) is 56.9 Å². The Kier molecular flexibility index (Phi) is 4.84. The van der Waals surface area contributed by atoms with Gasteiger partial charge in [-0.25, -0.2) is 0 Å². The van der Waals surface area contributed by atoms with Crippen molar-refractivity contribution >= 4 is 17.5 Å². The van der Waals surface area contributed by atoms with Crippen molar-refractivity contribution in [3.63, 3.8) is 0 Å². The lowest BCUT2D eigenvalue weighted by atomic mass is 9.64. The van der Waals surface area contributed by atoms with Gasteiger partial charge in [0.25, 0.3) is 0 Å². The normalized spacial score (nSPS) is 30.1. The van der Waals surface area contributed by atoms with E-state index in [1.54, 1.807) is 0 Å². The lowest BCUT2D eigenvalue weighted by Gasteiger charge is -2.58. The molecule has 1 aromatic carbocycles. The van der Waals surface area contributed by atoms with E-state index in [1.165, 1.54) is 0 Å². The Labute approximate surface area is 177 Å². The first-order valence-electron chi connectivity index (χ1n) is 10.8. The Morgan fingerprint density at radius 3 is 2.76 bits per heavy atom. The molecule has 0 N–H and O–H groups in total. The second kappa shape index (κ2) is 7.14. The fourth-order valence-electron chi connectivity index (χ4n) is 5.61. The van der Waals surface area contributed by atoms with Gasteiger partial charge in [0.2, 0.25) is 5.91 Å². The second-order valence-electron chi connectivity index (χ2n) is 9.94. The number of nitrogens with zero attached hydrogens (tertiary/aromatic N) is 1. The molecular formula is C23H30ClNO4. The molecule has 4 aliphatic heterocycles. The molecule has 0 bridgehead atoms. The van der Waals surface area contributed by atoms with Crippen LogP contribution in [0.25, 0.3) is 0 Å². The van der Waals surface area contributed by atoms with E-state index in [-0.39, 0.29) is 23.0 Å². The lowest BCUT2D eigenvalue weighted by molar-refractivity contribution is -0.201. The van der Waals surface area contributed by atoms with Crippen LogP contribution >= 0.6 is 11.6 Å². The Balaban J connectivity index is 1.26. The van der Waals surface area contributed by atoms with E-state index < -0.39 is 0 Å². The highest BCUT2D eigenvalue weighted by atomic mass is 35.5. The van der Waals surface area contributed by atoms with Crippen LogP contribution in [-0.2, 0) is 14.3 Å². The summed E-state index contributed by atoms with van der Waals surface area (Å²) in [6, 6.07) is 5.80. The Bertz CT molecular complexity index is 798. The fourth-order valence-corrected chi connectivity index (χ4v) is 5.79. The molecule has 5 rings (SSSR count). The number of fused-ring (bicyclic) bond motifs is 3. The first-order chi connectivity index (χ1) is 13.9. The van der Waals surface area contributed by atoms with E-state index in [1.807, 2.05) is 23.1 Å². The van der Waals surface area contributed by atoms with E-state index in [0.29, 0.717) is 29.9 Å². The van der Waals surface area contributed by atoms with Gasteiger partial charge in [0, 0.05) is 54.6 Å². The molecule has 0 aromatic heterocycles. The van der Waals surface area contributed by atoms with Crippen LogP contribution in [0, 0.1) is 17.3 Å². The van der Waals surface area contributed by atoms with Gasteiger partial charge < -0.3 is 19.1 Å². The molecule has 4 aliphatic rings. The Morgan fingerprint density at radius 1 is 1.24 bits per heavy atom. The van der Waals surface area contributed by atoms with Crippen molar-refractivity contribution in [2.45, 2.75) is 51.2 Å². The van der Waals surface area contributed by atoms with Crippen LogP contribution in [0.1, 0.15) is 51.2 Å². The van der Waals surface area contributed by atoms with Gasteiger partial charge in [-0.05, 0) is 57.2 Å². The third-order valence-corrected chi connectivity index (χ3v) is 7.58. The van der Waals surface area contributed by atoms with Gasteiger partial charge in [0.05, 0.1) is 12.7 Å². The number of hydrogen-bond acceptors (Lipinski definition) is 4. The number of rotatable bonds is 2. The van der Waals surface area contributed by atoms with E-state index in [2.05, 4.69) is 13.8 Å². The summed E-state index contributed by atoms with van der Waals surface area (Å²) in [5.74, 6) is 1.89. The highest BCUT2D eigenvalue weighted by molar-refractivity contribution is 6.30. The molecule has 3 fully saturated rings. The number of carbonyl (C=O) groups excluding carboxylic acids is 1. The van der Waals surface area contributed by atoms with Gasteiger partial charge in [-0.1, -0.05) is 11.6 Å². The number of amides is 1. The quantitative estimate of drug-likeness (QED) is 0.719. The molecule has 1 amide bonds. The molecule has 158 valence electrons. The molecule has 0 radical (unpaired) electrons. The van der Waals surface area contributed by atoms with Crippen LogP contribution in [-0.4, -0.2) is 49.3 Å². The molecule has 5 nitrogen and oxygen atoms in total. The molecular weight excluding hydrogens is 390 g/mol. The highest BCUT2D eigenvalue weighted by Gasteiger charge is 2.56. The summed E-state index contributed by atoms with van der Waals surface area (Å²) in [6.07, 6.45) is 3.69. The monoisotopic (exact) mass is 419 g/mol. The number of carbonyl (C=O) groups is 1. The summed E-state index contributed by atoms with van der Waals surface area (Å²) in [7, 11) is 0. The van der Waals surface area contributed by atoms with Crippen molar-refractivity contribution in [2.75, 3.05) is 32.9 Å². The van der Waals surface area contributed by atoms with Crippen LogP contribution < -0.4 is 4.74 Å². The zero-order chi connectivity index (χ0) is 20.2. The summed E-state index contributed by atoms with van der Waals surface area (Å²) in [4.78, 5) is 14.8. The zero-order valence-electron chi connectivity index (χ0n) is 17.3. The molecule has 1 spiro atoms. The smallest absolute Gasteiger partial charge is 0.222 e. The minimum Gasteiger partial charge on any atom is -0.487 e. The van der Waals surface area contributed by atoms with Crippen molar-refractivity contribution in [3.8, 4) is 5.75 Å². The molecule has 1 aromatic rings. The van der Waals surface area contributed by atoms with Gasteiger partial charge in [-0.2, -0.15) is 0 Å². The van der Waals surface area contributed by atoms with Crippen molar-refractivity contribution < 1.29 is 19.0 Å². The van der Waals surface area contributed by atoms with Gasteiger partial charge in [0.15, 0.2) is 0 Å². The van der Waals surface area contributed by atoms with Crippen molar-refractivity contribution in [2.24, 2.45) is 17.3 Å². The maximum absolute atomic E-state index is 12.7. The molecule has 4 heterocycles. The molecule has 6 heteroatoms. The van der Waals surface area contributed by atoms with Gasteiger partial charge >= 0.3 is 0 Å². The van der Waals surface area contributed by atoms with Crippen LogP contribution in [0.4, 0.5) is 0 Å². The van der Waals surface area contributed by atoms with Crippen molar-refractivity contribution in [1.82, 2.24) is 4.90 Å². The molecule has 2 atom stereocenters. The molecule has 29 heavy (non-hydrogen) atoms. The molecule has 0 aliphatic carbocycles. The van der Waals surface area contributed by atoms with Crippen molar-refractivity contribution in [3.05, 3.63) is 28.8 Å². The molecule has 3 saturated heterocycles. The molecule has 0 saturated carbocycles. The maximum Gasteiger partial charge on any atom is 0.222 e. The second-order valence-corrected chi connectivity index (χ2v) is 10.4. The fraction of sp³-hybridized carbons (Fsp3) is 0.696. The number of benzene rings is 1. The van der Waals surface area contributed by atoms with E-state index in [4.69, 9.17) is 25.8 Å². The first kappa shape index (κ1) is 19.7. The topological polar surface area (TPSA) is 48.0 Å².